The van der Waals surface area contributed by atoms with Gasteiger partial charge in [-0.1, -0.05) is 35.5 Å². The Morgan fingerprint density at radius 1 is 1.26 bits per heavy atom. The molecule has 0 bridgehead atoms. The highest BCUT2D eigenvalue weighted by molar-refractivity contribution is 5.15. The number of aryl methyl sites for hydroxylation is 2. The summed E-state index contributed by atoms with van der Waals surface area (Å²) in [6.07, 6.45) is 2.21. The molecule has 1 atom stereocenters. The molecule has 100 valence electrons. The molecule has 0 saturated carbocycles. The molecule has 5 heteroatoms. The lowest BCUT2D eigenvalue weighted by molar-refractivity contribution is 0.0243. The first-order valence-electron chi connectivity index (χ1n) is 6.56. The second kappa shape index (κ2) is 5.11. The molecule has 1 unspecified atom stereocenters. The predicted octanol–water partition coefficient (Wildman–Crippen LogP) is 1.04. The molecule has 2 heterocycles. The van der Waals surface area contributed by atoms with Gasteiger partial charge >= 0.3 is 0 Å². The zero-order chi connectivity index (χ0) is 13.1. The van der Waals surface area contributed by atoms with Crippen molar-refractivity contribution >= 4 is 0 Å². The Morgan fingerprint density at radius 3 is 2.84 bits per heavy atom. The van der Waals surface area contributed by atoms with E-state index in [1.54, 1.807) is 0 Å². The number of benzene rings is 1. The fourth-order valence-electron chi connectivity index (χ4n) is 2.31. The quantitative estimate of drug-likeness (QED) is 0.858. The van der Waals surface area contributed by atoms with Crippen LogP contribution in [-0.2, 0) is 18.4 Å². The average Bonchev–Trinajstić information content (AvgIpc) is 3.07. The number of hydrogen-bond donors (Lipinski definition) is 2. The normalized spacial score (nSPS) is 22.8. The van der Waals surface area contributed by atoms with Crippen LogP contribution in [0.15, 0.2) is 34.9 Å². The zero-order valence-corrected chi connectivity index (χ0v) is 10.7. The van der Waals surface area contributed by atoms with Crippen LogP contribution in [0.3, 0.4) is 0 Å². The molecule has 0 spiro atoms. The monoisotopic (exact) mass is 259 g/mol. The van der Waals surface area contributed by atoms with Gasteiger partial charge in [-0.15, -0.1) is 0 Å². The lowest BCUT2D eigenvalue weighted by atomic mass is 10.0. The molecule has 0 radical (unpaired) electrons. The Morgan fingerprint density at radius 2 is 2.11 bits per heavy atom. The first kappa shape index (κ1) is 12.3. The highest BCUT2D eigenvalue weighted by atomic mass is 16.5. The van der Waals surface area contributed by atoms with E-state index in [2.05, 4.69) is 27.6 Å². The highest BCUT2D eigenvalue weighted by Gasteiger charge is 2.38. The molecule has 2 N–H and O–H groups in total. The minimum Gasteiger partial charge on any atom is -0.379 e. The highest BCUT2D eigenvalue weighted by Crippen LogP contribution is 2.26. The van der Waals surface area contributed by atoms with Crippen molar-refractivity contribution in [3.05, 3.63) is 47.6 Å². The number of rotatable bonds is 4. The molecule has 19 heavy (non-hydrogen) atoms. The van der Waals surface area contributed by atoms with Crippen LogP contribution in [-0.4, -0.2) is 28.3 Å². The Bertz CT molecular complexity index is 533. The predicted molar refractivity (Wildman–Crippen MR) is 69.5 cm³/mol. The van der Waals surface area contributed by atoms with E-state index in [0.717, 1.165) is 19.4 Å². The maximum absolute atomic E-state index is 10.3. The van der Waals surface area contributed by atoms with Gasteiger partial charge in [-0.05, 0) is 24.9 Å². The SMILES string of the molecule is OC1(c2nc(CCc3ccccc3)no2)CCNC1. The maximum Gasteiger partial charge on any atom is 0.259 e. The van der Waals surface area contributed by atoms with Gasteiger partial charge in [0.25, 0.3) is 5.89 Å². The van der Waals surface area contributed by atoms with Crippen LogP contribution < -0.4 is 5.32 Å². The van der Waals surface area contributed by atoms with Gasteiger partial charge in [0.05, 0.1) is 0 Å². The lowest BCUT2D eigenvalue weighted by Gasteiger charge is -2.14. The topological polar surface area (TPSA) is 71.2 Å². The van der Waals surface area contributed by atoms with Crippen molar-refractivity contribution in [1.29, 1.82) is 0 Å². The summed E-state index contributed by atoms with van der Waals surface area (Å²) < 4.78 is 5.19. The van der Waals surface area contributed by atoms with E-state index in [9.17, 15) is 5.11 Å². The average molecular weight is 259 g/mol. The van der Waals surface area contributed by atoms with Crippen LogP contribution in [0.2, 0.25) is 0 Å². The van der Waals surface area contributed by atoms with Crippen LogP contribution in [0.4, 0.5) is 0 Å². The number of nitrogens with zero attached hydrogens (tertiary/aromatic N) is 2. The van der Waals surface area contributed by atoms with Gasteiger partial charge in [0.2, 0.25) is 0 Å². The van der Waals surface area contributed by atoms with Gasteiger partial charge in [-0.2, -0.15) is 4.98 Å². The second-order valence-electron chi connectivity index (χ2n) is 4.96. The van der Waals surface area contributed by atoms with Crippen molar-refractivity contribution in [2.75, 3.05) is 13.1 Å². The fourth-order valence-corrected chi connectivity index (χ4v) is 2.31. The van der Waals surface area contributed by atoms with E-state index in [4.69, 9.17) is 4.52 Å². The van der Waals surface area contributed by atoms with Gasteiger partial charge in [-0.25, -0.2) is 0 Å². The standard InChI is InChI=1S/C14H17N3O2/c18-14(8-9-15-10-14)13-16-12(17-19-13)7-6-11-4-2-1-3-5-11/h1-5,15,18H,6-10H2. The number of nitrogens with one attached hydrogen (secondary N) is 1. The van der Waals surface area contributed by atoms with Gasteiger partial charge in [-0.3, -0.25) is 0 Å². The first-order chi connectivity index (χ1) is 9.26. The molecular weight excluding hydrogens is 242 g/mol. The lowest BCUT2D eigenvalue weighted by Crippen LogP contribution is -2.28. The van der Waals surface area contributed by atoms with Crippen molar-refractivity contribution in [2.24, 2.45) is 0 Å². The third-order valence-corrected chi connectivity index (χ3v) is 3.48. The second-order valence-corrected chi connectivity index (χ2v) is 4.96. The summed E-state index contributed by atoms with van der Waals surface area (Å²) in [5.41, 5.74) is 0.257. The Labute approximate surface area is 111 Å². The maximum atomic E-state index is 10.3. The third kappa shape index (κ3) is 2.67. The Balaban J connectivity index is 1.65. The molecule has 0 amide bonds. The molecule has 2 aromatic rings. The van der Waals surface area contributed by atoms with Gasteiger partial charge < -0.3 is 14.9 Å². The summed E-state index contributed by atoms with van der Waals surface area (Å²) >= 11 is 0. The van der Waals surface area contributed by atoms with E-state index in [0.29, 0.717) is 24.7 Å². The number of aromatic nitrogens is 2. The number of hydrogen-bond acceptors (Lipinski definition) is 5. The van der Waals surface area contributed by atoms with E-state index in [1.807, 2.05) is 18.2 Å². The van der Waals surface area contributed by atoms with E-state index in [1.165, 1.54) is 5.56 Å². The molecule has 5 nitrogen and oxygen atoms in total. The smallest absolute Gasteiger partial charge is 0.259 e. The molecule has 1 saturated heterocycles. The molecular formula is C14H17N3O2. The zero-order valence-electron chi connectivity index (χ0n) is 10.7. The van der Waals surface area contributed by atoms with E-state index in [-0.39, 0.29) is 0 Å². The van der Waals surface area contributed by atoms with Gasteiger partial charge in [0, 0.05) is 13.0 Å². The van der Waals surface area contributed by atoms with Crippen molar-refractivity contribution in [1.82, 2.24) is 15.5 Å². The van der Waals surface area contributed by atoms with Crippen molar-refractivity contribution in [2.45, 2.75) is 24.9 Å². The largest absolute Gasteiger partial charge is 0.379 e. The fraction of sp³-hybridized carbons (Fsp3) is 0.429. The Hall–Kier alpha value is -1.72. The van der Waals surface area contributed by atoms with Gasteiger partial charge in [0.15, 0.2) is 11.4 Å². The van der Waals surface area contributed by atoms with Crippen LogP contribution >= 0.6 is 0 Å². The summed E-state index contributed by atoms with van der Waals surface area (Å²) in [5.74, 6) is 0.986. The molecule has 1 aliphatic rings. The molecule has 1 aromatic carbocycles. The van der Waals surface area contributed by atoms with Crippen molar-refractivity contribution in [3.8, 4) is 0 Å². The van der Waals surface area contributed by atoms with Crippen LogP contribution in [0.25, 0.3) is 0 Å². The van der Waals surface area contributed by atoms with Crippen LogP contribution in [0, 0.1) is 0 Å². The molecule has 3 rings (SSSR count). The molecule has 1 aliphatic heterocycles. The third-order valence-electron chi connectivity index (χ3n) is 3.48. The summed E-state index contributed by atoms with van der Waals surface area (Å²) in [7, 11) is 0. The number of β-amino-alcohol motifs (C(OH)–C–C–N with tert-alkyl or cyclic N) is 1. The minimum atomic E-state index is -0.988. The van der Waals surface area contributed by atoms with Crippen molar-refractivity contribution < 1.29 is 9.63 Å². The summed E-state index contributed by atoms with van der Waals surface area (Å²) in [6, 6.07) is 10.2. The summed E-state index contributed by atoms with van der Waals surface area (Å²) in [6.45, 7) is 1.26. The number of aliphatic hydroxyl groups is 1. The van der Waals surface area contributed by atoms with Crippen LogP contribution in [0.5, 0.6) is 0 Å². The van der Waals surface area contributed by atoms with E-state index < -0.39 is 5.60 Å². The van der Waals surface area contributed by atoms with E-state index >= 15 is 0 Å². The molecule has 0 aliphatic carbocycles. The van der Waals surface area contributed by atoms with Crippen LogP contribution in [0.1, 0.15) is 23.7 Å². The van der Waals surface area contributed by atoms with Crippen molar-refractivity contribution in [3.63, 3.8) is 0 Å². The molecule has 1 aromatic heterocycles. The molecule has 1 fully saturated rings. The van der Waals surface area contributed by atoms with Gasteiger partial charge in [0.1, 0.15) is 0 Å². The first-order valence-corrected chi connectivity index (χ1v) is 6.56. The summed E-state index contributed by atoms with van der Waals surface area (Å²) in [4.78, 5) is 4.31. The summed E-state index contributed by atoms with van der Waals surface area (Å²) in [5, 5.41) is 17.4. The minimum absolute atomic E-state index is 0.334. The Kier molecular flexibility index (Phi) is 3.31.